The minimum Gasteiger partial charge on any atom is -0.497 e. The van der Waals surface area contributed by atoms with E-state index in [9.17, 15) is 9.59 Å². The van der Waals surface area contributed by atoms with Gasteiger partial charge in [-0.2, -0.15) is 0 Å². The highest BCUT2D eigenvalue weighted by molar-refractivity contribution is 5.96. The predicted molar refractivity (Wildman–Crippen MR) is 115 cm³/mol. The Morgan fingerprint density at radius 3 is 2.07 bits per heavy atom. The molecule has 154 valence electrons. The normalized spacial score (nSPS) is 10.2. The zero-order chi connectivity index (χ0) is 21.2. The topological polar surface area (TPSA) is 76.7 Å². The van der Waals surface area contributed by atoms with Crippen LogP contribution in [0.2, 0.25) is 0 Å². The number of amides is 2. The average molecular weight is 404 g/mol. The van der Waals surface area contributed by atoms with E-state index in [4.69, 9.17) is 9.47 Å². The number of carbonyl (C=O) groups excluding carboxylic acids is 2. The second-order valence-electron chi connectivity index (χ2n) is 6.57. The number of para-hydroxylation sites is 1. The minimum absolute atomic E-state index is 0.0797. The number of carbonyl (C=O) groups is 2. The Hall–Kier alpha value is -3.80. The van der Waals surface area contributed by atoms with Crippen LogP contribution in [0.3, 0.4) is 0 Å². The summed E-state index contributed by atoms with van der Waals surface area (Å²) in [5, 5.41) is 5.42. The number of benzene rings is 3. The van der Waals surface area contributed by atoms with Crippen molar-refractivity contribution in [2.45, 2.75) is 6.42 Å². The maximum Gasteiger partial charge on any atom is 0.251 e. The van der Waals surface area contributed by atoms with Gasteiger partial charge in [-0.05, 0) is 60.5 Å². The molecule has 0 unspecified atom stereocenters. The molecule has 0 saturated heterocycles. The first-order chi connectivity index (χ1) is 14.6. The fraction of sp³-hybridized carbons (Fsp3) is 0.167. The molecule has 0 saturated carbocycles. The lowest BCUT2D eigenvalue weighted by Crippen LogP contribution is -2.37. The Labute approximate surface area is 175 Å². The molecule has 6 nitrogen and oxygen atoms in total. The molecule has 3 aromatic carbocycles. The fourth-order valence-corrected chi connectivity index (χ4v) is 2.76. The summed E-state index contributed by atoms with van der Waals surface area (Å²) in [6.07, 6.45) is 0.701. The Bertz CT molecular complexity index is 955. The highest BCUT2D eigenvalue weighted by Crippen LogP contribution is 2.21. The molecule has 0 atom stereocenters. The van der Waals surface area contributed by atoms with E-state index in [0.717, 1.165) is 17.1 Å². The summed E-state index contributed by atoms with van der Waals surface area (Å²) < 4.78 is 10.8. The first-order valence-corrected chi connectivity index (χ1v) is 9.65. The monoisotopic (exact) mass is 404 g/mol. The lowest BCUT2D eigenvalue weighted by Gasteiger charge is -2.09. The summed E-state index contributed by atoms with van der Waals surface area (Å²) in [5.74, 6) is 1.60. The van der Waals surface area contributed by atoms with Crippen LogP contribution in [0.5, 0.6) is 17.2 Å². The third-order valence-corrected chi connectivity index (χ3v) is 4.40. The van der Waals surface area contributed by atoms with E-state index < -0.39 is 0 Å². The first-order valence-electron chi connectivity index (χ1n) is 9.65. The lowest BCUT2D eigenvalue weighted by atomic mass is 10.1. The zero-order valence-electron chi connectivity index (χ0n) is 16.8. The van der Waals surface area contributed by atoms with E-state index in [2.05, 4.69) is 10.6 Å². The molecule has 3 aromatic rings. The van der Waals surface area contributed by atoms with E-state index >= 15 is 0 Å². The van der Waals surface area contributed by atoms with Gasteiger partial charge in [-0.1, -0.05) is 30.3 Å². The Morgan fingerprint density at radius 1 is 0.767 bits per heavy atom. The van der Waals surface area contributed by atoms with Crippen LogP contribution in [0.15, 0.2) is 78.9 Å². The first kappa shape index (κ1) is 20.9. The Balaban J connectivity index is 1.39. The summed E-state index contributed by atoms with van der Waals surface area (Å²) in [7, 11) is 1.62. The van der Waals surface area contributed by atoms with Crippen LogP contribution in [-0.2, 0) is 11.2 Å². The van der Waals surface area contributed by atoms with Crippen molar-refractivity contribution in [1.29, 1.82) is 0 Å². The van der Waals surface area contributed by atoms with Crippen molar-refractivity contribution in [3.63, 3.8) is 0 Å². The molecule has 0 aliphatic carbocycles. The molecule has 0 aliphatic rings. The van der Waals surface area contributed by atoms with Gasteiger partial charge >= 0.3 is 0 Å². The predicted octanol–water partition coefficient (Wildman–Crippen LogP) is 3.58. The molecule has 0 bridgehead atoms. The number of ether oxygens (including phenoxy) is 2. The highest BCUT2D eigenvalue weighted by atomic mass is 16.5. The van der Waals surface area contributed by atoms with E-state index in [1.165, 1.54) is 0 Å². The molecule has 0 aromatic heterocycles. The third kappa shape index (κ3) is 6.38. The molecular weight excluding hydrogens is 380 g/mol. The molecule has 6 heteroatoms. The van der Waals surface area contributed by atoms with Crippen molar-refractivity contribution in [1.82, 2.24) is 10.6 Å². The quantitative estimate of drug-likeness (QED) is 0.572. The molecule has 0 fully saturated rings. The van der Waals surface area contributed by atoms with Crippen LogP contribution in [0.4, 0.5) is 0 Å². The molecule has 2 amide bonds. The molecule has 0 heterocycles. The number of nitrogens with one attached hydrogen (secondary N) is 2. The SMILES string of the molecule is COc1ccc(CCNC(=O)CNC(=O)c2ccc(Oc3ccccc3)cc2)cc1. The van der Waals surface area contributed by atoms with E-state index in [1.54, 1.807) is 31.4 Å². The van der Waals surface area contributed by atoms with Crippen LogP contribution in [-0.4, -0.2) is 32.0 Å². The third-order valence-electron chi connectivity index (χ3n) is 4.40. The summed E-state index contributed by atoms with van der Waals surface area (Å²) in [6, 6.07) is 23.8. The van der Waals surface area contributed by atoms with Crippen molar-refractivity contribution < 1.29 is 19.1 Å². The standard InChI is InChI=1S/C24H24N2O4/c1-29-20-11-7-18(8-12-20)15-16-25-23(27)17-26-24(28)19-9-13-22(14-10-19)30-21-5-3-2-4-6-21/h2-14H,15-17H2,1H3,(H,25,27)(H,26,28). The van der Waals surface area contributed by atoms with Gasteiger partial charge in [0.1, 0.15) is 17.2 Å². The summed E-state index contributed by atoms with van der Waals surface area (Å²) in [6.45, 7) is 0.413. The maximum absolute atomic E-state index is 12.2. The van der Waals surface area contributed by atoms with Crippen LogP contribution < -0.4 is 20.1 Å². The van der Waals surface area contributed by atoms with Gasteiger partial charge in [-0.25, -0.2) is 0 Å². The van der Waals surface area contributed by atoms with Crippen LogP contribution in [0.1, 0.15) is 15.9 Å². The summed E-state index contributed by atoms with van der Waals surface area (Å²) in [5.41, 5.74) is 1.55. The highest BCUT2D eigenvalue weighted by Gasteiger charge is 2.08. The molecule has 0 aliphatic heterocycles. The van der Waals surface area contributed by atoms with Gasteiger partial charge in [0.15, 0.2) is 0 Å². The van der Waals surface area contributed by atoms with Crippen molar-refractivity contribution in [2.24, 2.45) is 0 Å². The largest absolute Gasteiger partial charge is 0.497 e. The van der Waals surface area contributed by atoms with Crippen LogP contribution in [0.25, 0.3) is 0 Å². The summed E-state index contributed by atoms with van der Waals surface area (Å²) >= 11 is 0. The van der Waals surface area contributed by atoms with Crippen molar-refractivity contribution in [3.8, 4) is 17.2 Å². The Kier molecular flexibility index (Phi) is 7.44. The number of hydrogen-bond donors (Lipinski definition) is 2. The van der Waals surface area contributed by atoms with Crippen LogP contribution >= 0.6 is 0 Å². The smallest absolute Gasteiger partial charge is 0.251 e. The van der Waals surface area contributed by atoms with Crippen molar-refractivity contribution >= 4 is 11.8 Å². The zero-order valence-corrected chi connectivity index (χ0v) is 16.8. The number of methoxy groups -OCH3 is 1. The van der Waals surface area contributed by atoms with Gasteiger partial charge in [-0.15, -0.1) is 0 Å². The molecule has 30 heavy (non-hydrogen) atoms. The number of rotatable bonds is 9. The number of hydrogen-bond acceptors (Lipinski definition) is 4. The van der Waals surface area contributed by atoms with E-state index in [0.29, 0.717) is 24.3 Å². The van der Waals surface area contributed by atoms with Gasteiger partial charge in [0.05, 0.1) is 13.7 Å². The van der Waals surface area contributed by atoms with E-state index in [-0.39, 0.29) is 18.4 Å². The maximum atomic E-state index is 12.2. The molecule has 2 N–H and O–H groups in total. The second-order valence-corrected chi connectivity index (χ2v) is 6.57. The van der Waals surface area contributed by atoms with Gasteiger partial charge < -0.3 is 20.1 Å². The second kappa shape index (κ2) is 10.7. The van der Waals surface area contributed by atoms with Crippen molar-refractivity contribution in [2.75, 3.05) is 20.2 Å². The molecule has 0 spiro atoms. The Morgan fingerprint density at radius 2 is 1.40 bits per heavy atom. The minimum atomic E-state index is -0.313. The van der Waals surface area contributed by atoms with Crippen molar-refractivity contribution in [3.05, 3.63) is 90.0 Å². The van der Waals surface area contributed by atoms with Gasteiger partial charge in [0.25, 0.3) is 5.91 Å². The van der Waals surface area contributed by atoms with Gasteiger partial charge in [0.2, 0.25) is 5.91 Å². The average Bonchev–Trinajstić information content (AvgIpc) is 2.79. The van der Waals surface area contributed by atoms with Crippen LogP contribution in [0, 0.1) is 0 Å². The molecular formula is C24H24N2O4. The molecule has 0 radical (unpaired) electrons. The van der Waals surface area contributed by atoms with E-state index in [1.807, 2.05) is 54.6 Å². The lowest BCUT2D eigenvalue weighted by molar-refractivity contribution is -0.120. The fourth-order valence-electron chi connectivity index (χ4n) is 2.76. The van der Waals surface area contributed by atoms with Gasteiger partial charge in [-0.3, -0.25) is 9.59 Å². The summed E-state index contributed by atoms with van der Waals surface area (Å²) in [4.78, 5) is 24.2. The van der Waals surface area contributed by atoms with Gasteiger partial charge in [0, 0.05) is 12.1 Å². The molecule has 3 rings (SSSR count).